The Bertz CT molecular complexity index is 361. The van der Waals surface area contributed by atoms with Crippen molar-refractivity contribution >= 4 is 17.6 Å². The maximum Gasteiger partial charge on any atom is 0.252 e. The Kier molecular flexibility index (Phi) is 3.61. The van der Waals surface area contributed by atoms with Crippen molar-refractivity contribution in [1.82, 2.24) is 10.3 Å². The highest BCUT2D eigenvalue weighted by atomic mass is 16.2. The second-order valence-electron chi connectivity index (χ2n) is 2.94. The predicted molar refractivity (Wildman–Crippen MR) is 54.8 cm³/mol. The summed E-state index contributed by atoms with van der Waals surface area (Å²) >= 11 is 0. The summed E-state index contributed by atoms with van der Waals surface area (Å²) in [7, 11) is 0. The first-order chi connectivity index (χ1) is 7.09. The number of pyridine rings is 1. The number of anilines is 1. The molecule has 0 saturated heterocycles. The third-order valence-corrected chi connectivity index (χ3v) is 1.71. The molecule has 0 aromatic carbocycles. The van der Waals surface area contributed by atoms with Crippen LogP contribution in [0.15, 0.2) is 18.3 Å². The summed E-state index contributed by atoms with van der Waals surface area (Å²) in [6.45, 7) is 0.221. The number of primary amides is 1. The number of nitrogens with zero attached hydrogens (tertiary/aromatic N) is 1. The van der Waals surface area contributed by atoms with Gasteiger partial charge in [-0.15, -0.1) is 0 Å². The second-order valence-corrected chi connectivity index (χ2v) is 2.94. The maximum absolute atomic E-state index is 11.4. The van der Waals surface area contributed by atoms with Crippen LogP contribution in [-0.2, 0) is 4.79 Å². The van der Waals surface area contributed by atoms with Crippen LogP contribution in [0.4, 0.5) is 5.82 Å². The van der Waals surface area contributed by atoms with Gasteiger partial charge in [-0.25, -0.2) is 4.98 Å². The third kappa shape index (κ3) is 3.63. The van der Waals surface area contributed by atoms with Crippen molar-refractivity contribution in [2.24, 2.45) is 5.73 Å². The van der Waals surface area contributed by atoms with Crippen LogP contribution in [0.3, 0.4) is 0 Å². The Balaban J connectivity index is 2.47. The molecule has 1 rings (SSSR count). The summed E-state index contributed by atoms with van der Waals surface area (Å²) in [6, 6.07) is 3.09. The van der Waals surface area contributed by atoms with Crippen LogP contribution >= 0.6 is 0 Å². The molecule has 0 radical (unpaired) electrons. The summed E-state index contributed by atoms with van der Waals surface area (Å²) < 4.78 is 0. The van der Waals surface area contributed by atoms with Gasteiger partial charge in [0.25, 0.3) is 5.91 Å². The normalized spacial score (nSPS) is 9.60. The zero-order valence-electron chi connectivity index (χ0n) is 8.06. The topological polar surface area (TPSA) is 111 Å². The van der Waals surface area contributed by atoms with Gasteiger partial charge < -0.3 is 16.8 Å². The van der Waals surface area contributed by atoms with Gasteiger partial charge in [0, 0.05) is 19.2 Å². The predicted octanol–water partition coefficient (Wildman–Crippen LogP) is -0.731. The van der Waals surface area contributed by atoms with E-state index in [-0.39, 0.29) is 18.9 Å². The Hall–Kier alpha value is -2.11. The van der Waals surface area contributed by atoms with Crippen molar-refractivity contribution in [2.75, 3.05) is 12.3 Å². The van der Waals surface area contributed by atoms with Crippen molar-refractivity contribution < 1.29 is 9.59 Å². The fourth-order valence-electron chi connectivity index (χ4n) is 0.941. The van der Waals surface area contributed by atoms with E-state index >= 15 is 0 Å². The number of hydrogen-bond donors (Lipinski definition) is 3. The highest BCUT2D eigenvalue weighted by Gasteiger charge is 2.05. The van der Waals surface area contributed by atoms with Crippen molar-refractivity contribution in [1.29, 1.82) is 0 Å². The third-order valence-electron chi connectivity index (χ3n) is 1.71. The molecule has 6 nitrogen and oxygen atoms in total. The molecule has 5 N–H and O–H groups in total. The molecular weight excluding hydrogens is 196 g/mol. The Morgan fingerprint density at radius 1 is 1.40 bits per heavy atom. The molecule has 0 atom stereocenters. The minimum atomic E-state index is -0.453. The monoisotopic (exact) mass is 208 g/mol. The Morgan fingerprint density at radius 2 is 2.13 bits per heavy atom. The minimum Gasteiger partial charge on any atom is -0.384 e. The van der Waals surface area contributed by atoms with Crippen LogP contribution in [0.25, 0.3) is 0 Å². The first-order valence-electron chi connectivity index (χ1n) is 4.37. The van der Waals surface area contributed by atoms with E-state index in [1.807, 2.05) is 0 Å². The summed E-state index contributed by atoms with van der Waals surface area (Å²) in [5.41, 5.74) is 10.7. The number of nitrogens with one attached hydrogen (secondary N) is 1. The van der Waals surface area contributed by atoms with Gasteiger partial charge in [-0.2, -0.15) is 0 Å². The average Bonchev–Trinajstić information content (AvgIpc) is 2.18. The zero-order valence-corrected chi connectivity index (χ0v) is 8.06. The number of hydrogen-bond acceptors (Lipinski definition) is 4. The largest absolute Gasteiger partial charge is 0.384 e. The van der Waals surface area contributed by atoms with Gasteiger partial charge in [0.1, 0.15) is 5.82 Å². The van der Waals surface area contributed by atoms with E-state index in [0.717, 1.165) is 0 Å². The van der Waals surface area contributed by atoms with Crippen LogP contribution in [0, 0.1) is 0 Å². The molecule has 0 bridgehead atoms. The molecule has 0 aliphatic carbocycles. The quantitative estimate of drug-likeness (QED) is 0.605. The van der Waals surface area contributed by atoms with E-state index < -0.39 is 5.91 Å². The van der Waals surface area contributed by atoms with E-state index in [4.69, 9.17) is 11.5 Å². The smallest absolute Gasteiger partial charge is 0.252 e. The second kappa shape index (κ2) is 4.94. The lowest BCUT2D eigenvalue weighted by Gasteiger charge is -2.03. The van der Waals surface area contributed by atoms with Crippen molar-refractivity contribution in [3.8, 4) is 0 Å². The molecule has 0 aliphatic heterocycles. The van der Waals surface area contributed by atoms with E-state index in [0.29, 0.717) is 11.4 Å². The van der Waals surface area contributed by atoms with Gasteiger partial charge in [0.15, 0.2) is 0 Å². The number of rotatable bonds is 4. The molecule has 0 spiro atoms. The Labute approximate surface area is 86.7 Å². The lowest BCUT2D eigenvalue weighted by Crippen LogP contribution is -2.27. The molecular formula is C9H12N4O2. The standard InChI is InChI=1S/C9H12N4O2/c10-7-2-1-6(5-13-7)9(15)12-4-3-8(11)14/h1-2,5H,3-4H2,(H2,10,13)(H2,11,14)(H,12,15). The van der Waals surface area contributed by atoms with E-state index in [1.54, 1.807) is 6.07 Å². The molecule has 80 valence electrons. The molecule has 0 saturated carbocycles. The van der Waals surface area contributed by atoms with Crippen LogP contribution in [0.5, 0.6) is 0 Å². The number of nitrogen functional groups attached to an aromatic ring is 1. The van der Waals surface area contributed by atoms with E-state index in [1.165, 1.54) is 12.3 Å². The number of amides is 2. The van der Waals surface area contributed by atoms with Crippen LogP contribution in [0.1, 0.15) is 16.8 Å². The number of nitrogens with two attached hydrogens (primary N) is 2. The summed E-state index contributed by atoms with van der Waals surface area (Å²) in [5.74, 6) is -0.404. The van der Waals surface area contributed by atoms with Gasteiger partial charge in [-0.3, -0.25) is 9.59 Å². The lowest BCUT2D eigenvalue weighted by atomic mass is 10.2. The highest BCUT2D eigenvalue weighted by molar-refractivity contribution is 5.94. The fourth-order valence-corrected chi connectivity index (χ4v) is 0.941. The summed E-state index contributed by atoms with van der Waals surface area (Å²) in [6.07, 6.45) is 1.49. The maximum atomic E-state index is 11.4. The molecule has 2 amide bonds. The first kappa shape index (κ1) is 11.0. The van der Waals surface area contributed by atoms with E-state index in [2.05, 4.69) is 10.3 Å². The SMILES string of the molecule is NC(=O)CCNC(=O)c1ccc(N)nc1. The van der Waals surface area contributed by atoms with E-state index in [9.17, 15) is 9.59 Å². The summed E-state index contributed by atoms with van der Waals surface area (Å²) in [4.78, 5) is 25.6. The zero-order chi connectivity index (χ0) is 11.3. The molecule has 1 aromatic heterocycles. The van der Waals surface area contributed by atoms with Gasteiger partial charge in [-0.05, 0) is 12.1 Å². The molecule has 6 heteroatoms. The lowest BCUT2D eigenvalue weighted by molar-refractivity contribution is -0.117. The van der Waals surface area contributed by atoms with Gasteiger partial charge in [-0.1, -0.05) is 0 Å². The molecule has 0 fully saturated rings. The molecule has 1 aromatic rings. The summed E-state index contributed by atoms with van der Waals surface area (Å²) in [5, 5.41) is 2.53. The van der Waals surface area contributed by atoms with Crippen LogP contribution in [0.2, 0.25) is 0 Å². The molecule has 0 unspecified atom stereocenters. The first-order valence-corrected chi connectivity index (χ1v) is 4.37. The fraction of sp³-hybridized carbons (Fsp3) is 0.222. The van der Waals surface area contributed by atoms with Gasteiger partial charge >= 0.3 is 0 Å². The molecule has 15 heavy (non-hydrogen) atoms. The number of aromatic nitrogens is 1. The number of carbonyl (C=O) groups excluding carboxylic acids is 2. The highest BCUT2D eigenvalue weighted by Crippen LogP contribution is 2.00. The van der Waals surface area contributed by atoms with Crippen LogP contribution < -0.4 is 16.8 Å². The number of carbonyl (C=O) groups is 2. The minimum absolute atomic E-state index is 0.119. The van der Waals surface area contributed by atoms with Crippen molar-refractivity contribution in [3.63, 3.8) is 0 Å². The van der Waals surface area contributed by atoms with Gasteiger partial charge in [0.2, 0.25) is 5.91 Å². The molecule has 0 aliphatic rings. The van der Waals surface area contributed by atoms with Crippen LogP contribution in [-0.4, -0.2) is 23.3 Å². The van der Waals surface area contributed by atoms with Crippen molar-refractivity contribution in [3.05, 3.63) is 23.9 Å². The average molecular weight is 208 g/mol. The molecule has 1 heterocycles. The van der Waals surface area contributed by atoms with Crippen molar-refractivity contribution in [2.45, 2.75) is 6.42 Å². The Morgan fingerprint density at radius 3 is 2.67 bits per heavy atom. The van der Waals surface area contributed by atoms with Gasteiger partial charge in [0.05, 0.1) is 5.56 Å².